The molecule has 5 unspecified atom stereocenters. The molecule has 0 amide bonds. The van der Waals surface area contributed by atoms with Gasteiger partial charge < -0.3 is 30.8 Å². The van der Waals surface area contributed by atoms with Crippen LogP contribution in [0.2, 0.25) is 0 Å². The minimum Gasteiger partial charge on any atom is -0.392 e. The molecule has 0 saturated heterocycles. The van der Waals surface area contributed by atoms with Crippen molar-refractivity contribution in [2.24, 2.45) is 0 Å². The first-order valence-corrected chi connectivity index (χ1v) is 11.3. The molecule has 0 radical (unpaired) electrons. The summed E-state index contributed by atoms with van der Waals surface area (Å²) >= 11 is 0. The predicted octanol–water partition coefficient (Wildman–Crippen LogP) is -1.61. The molecule has 0 spiro atoms. The van der Waals surface area contributed by atoms with Crippen LogP contribution in [-0.2, 0) is 0 Å². The Morgan fingerprint density at radius 3 is 1.20 bits per heavy atom. The lowest BCUT2D eigenvalue weighted by molar-refractivity contribution is 0.0632. The van der Waals surface area contributed by atoms with Gasteiger partial charge in [0.25, 0.3) is 0 Å². The Bertz CT molecular complexity index is 388. The van der Waals surface area contributed by atoms with Gasteiger partial charge >= 0.3 is 0 Å². The summed E-state index contributed by atoms with van der Waals surface area (Å²) in [4.78, 5) is 6.40. The minimum atomic E-state index is -0.468. The largest absolute Gasteiger partial charge is 0.392 e. The van der Waals surface area contributed by atoms with Gasteiger partial charge in [-0.2, -0.15) is 0 Å². The van der Waals surface area contributed by atoms with E-state index in [2.05, 4.69) is 15.1 Å². The predicted molar refractivity (Wildman–Crippen MR) is 121 cm³/mol. The molecule has 0 heterocycles. The molecule has 5 atom stereocenters. The molecule has 0 rings (SSSR count). The maximum absolute atomic E-state index is 9.89. The van der Waals surface area contributed by atoms with Gasteiger partial charge in [0.05, 0.1) is 30.5 Å². The standard InChI is InChI=1S/C21H48N4O5/c1-17(26)12-22-6-7-23(13-18(2)27)8-9-24(14-19(3)28)10-11-25(15-20(4)29)16-21(5)30/h17-22,26-30H,6-16H2,1-5H3. The second-order valence-electron chi connectivity index (χ2n) is 8.81. The Morgan fingerprint density at radius 1 is 0.500 bits per heavy atom. The van der Waals surface area contributed by atoms with Crippen LogP contribution in [0.3, 0.4) is 0 Å². The molecule has 6 N–H and O–H groups in total. The molecule has 0 aliphatic heterocycles. The highest BCUT2D eigenvalue weighted by atomic mass is 16.3. The van der Waals surface area contributed by atoms with Crippen molar-refractivity contribution >= 4 is 0 Å². The molecule has 182 valence electrons. The van der Waals surface area contributed by atoms with E-state index in [1.54, 1.807) is 34.6 Å². The fraction of sp³-hybridized carbons (Fsp3) is 1.00. The second-order valence-corrected chi connectivity index (χ2v) is 8.81. The molecule has 0 aliphatic carbocycles. The van der Waals surface area contributed by atoms with Crippen molar-refractivity contribution in [2.45, 2.75) is 65.1 Å². The van der Waals surface area contributed by atoms with Crippen molar-refractivity contribution in [1.29, 1.82) is 0 Å². The lowest BCUT2D eigenvalue weighted by Crippen LogP contribution is -2.46. The number of aliphatic hydroxyl groups excluding tert-OH is 5. The number of hydrogen-bond acceptors (Lipinski definition) is 9. The van der Waals surface area contributed by atoms with Crippen LogP contribution in [-0.4, -0.2) is 143 Å². The maximum Gasteiger partial charge on any atom is 0.0639 e. The lowest BCUT2D eigenvalue weighted by atomic mass is 10.2. The van der Waals surface area contributed by atoms with Gasteiger partial charge in [0.15, 0.2) is 0 Å². The number of rotatable bonds is 19. The SMILES string of the molecule is CC(O)CNCCN(CCN(CCN(CC(C)O)CC(C)O)CC(C)O)CC(C)O. The molecule has 0 fully saturated rings. The first-order chi connectivity index (χ1) is 14.0. The first-order valence-electron chi connectivity index (χ1n) is 11.3. The number of nitrogens with one attached hydrogen (secondary N) is 1. The fourth-order valence-corrected chi connectivity index (χ4v) is 3.45. The molecular formula is C21H48N4O5. The van der Waals surface area contributed by atoms with E-state index >= 15 is 0 Å². The van der Waals surface area contributed by atoms with E-state index in [0.717, 1.165) is 26.2 Å². The van der Waals surface area contributed by atoms with E-state index in [-0.39, 0.29) is 6.10 Å². The van der Waals surface area contributed by atoms with Crippen LogP contribution in [0.25, 0.3) is 0 Å². The second kappa shape index (κ2) is 17.2. The van der Waals surface area contributed by atoms with Crippen LogP contribution in [0.15, 0.2) is 0 Å². The Labute approximate surface area is 183 Å². The van der Waals surface area contributed by atoms with Crippen LogP contribution in [0.4, 0.5) is 0 Å². The summed E-state index contributed by atoms with van der Waals surface area (Å²) in [6.07, 6.45) is -2.21. The van der Waals surface area contributed by atoms with Gasteiger partial charge in [0, 0.05) is 72.0 Å². The molecule has 0 aromatic heterocycles. The summed E-state index contributed by atoms with van der Waals surface area (Å²) in [6.45, 7) is 15.8. The van der Waals surface area contributed by atoms with Crippen molar-refractivity contribution in [3.8, 4) is 0 Å². The average Bonchev–Trinajstić information content (AvgIpc) is 2.58. The lowest BCUT2D eigenvalue weighted by Gasteiger charge is -2.32. The smallest absolute Gasteiger partial charge is 0.0639 e. The zero-order valence-corrected chi connectivity index (χ0v) is 19.7. The molecule has 0 aliphatic rings. The summed E-state index contributed by atoms with van der Waals surface area (Å²) in [7, 11) is 0. The highest BCUT2D eigenvalue weighted by Crippen LogP contribution is 2.01. The van der Waals surface area contributed by atoms with E-state index in [9.17, 15) is 25.5 Å². The van der Waals surface area contributed by atoms with E-state index in [1.807, 2.05) is 4.90 Å². The van der Waals surface area contributed by atoms with E-state index in [0.29, 0.717) is 45.8 Å². The molecule has 0 saturated carbocycles. The Hall–Kier alpha value is -0.360. The summed E-state index contributed by atoms with van der Waals surface area (Å²) in [5.74, 6) is 0. The molecule has 0 aromatic rings. The van der Waals surface area contributed by atoms with Crippen LogP contribution in [0.5, 0.6) is 0 Å². The van der Waals surface area contributed by atoms with E-state index in [1.165, 1.54) is 0 Å². The van der Waals surface area contributed by atoms with Crippen molar-refractivity contribution in [2.75, 3.05) is 72.0 Å². The molecular weight excluding hydrogens is 388 g/mol. The Balaban J connectivity index is 4.72. The summed E-state index contributed by atoms with van der Waals surface area (Å²) in [5, 5.41) is 51.7. The fourth-order valence-electron chi connectivity index (χ4n) is 3.45. The van der Waals surface area contributed by atoms with Gasteiger partial charge in [-0.3, -0.25) is 14.7 Å². The van der Waals surface area contributed by atoms with Gasteiger partial charge in [0.2, 0.25) is 0 Å². The van der Waals surface area contributed by atoms with Gasteiger partial charge in [-0.05, 0) is 34.6 Å². The number of nitrogens with zero attached hydrogens (tertiary/aromatic N) is 3. The zero-order chi connectivity index (χ0) is 23.1. The molecule has 0 bridgehead atoms. The van der Waals surface area contributed by atoms with Crippen LogP contribution in [0.1, 0.15) is 34.6 Å². The topological polar surface area (TPSA) is 123 Å². The first kappa shape index (κ1) is 29.6. The van der Waals surface area contributed by atoms with Crippen LogP contribution in [0, 0.1) is 0 Å². The van der Waals surface area contributed by atoms with Crippen LogP contribution >= 0.6 is 0 Å². The van der Waals surface area contributed by atoms with Crippen molar-refractivity contribution < 1.29 is 25.5 Å². The van der Waals surface area contributed by atoms with Gasteiger partial charge in [-0.1, -0.05) is 0 Å². The molecule has 9 nitrogen and oxygen atoms in total. The third-order valence-corrected chi connectivity index (χ3v) is 4.60. The van der Waals surface area contributed by atoms with Crippen molar-refractivity contribution in [3.05, 3.63) is 0 Å². The summed E-state index contributed by atoms with van der Waals surface area (Å²) in [5.41, 5.74) is 0. The van der Waals surface area contributed by atoms with Gasteiger partial charge in [0.1, 0.15) is 0 Å². The molecule has 0 aromatic carbocycles. The van der Waals surface area contributed by atoms with Gasteiger partial charge in [-0.25, -0.2) is 0 Å². The molecule has 9 heteroatoms. The number of hydrogen-bond donors (Lipinski definition) is 6. The summed E-state index contributed by atoms with van der Waals surface area (Å²) < 4.78 is 0. The minimum absolute atomic E-state index is 0.386. The van der Waals surface area contributed by atoms with Crippen molar-refractivity contribution in [3.63, 3.8) is 0 Å². The van der Waals surface area contributed by atoms with E-state index in [4.69, 9.17) is 0 Å². The Kier molecular flexibility index (Phi) is 17.0. The zero-order valence-electron chi connectivity index (χ0n) is 19.7. The van der Waals surface area contributed by atoms with Crippen molar-refractivity contribution in [1.82, 2.24) is 20.0 Å². The normalized spacial score (nSPS) is 17.5. The van der Waals surface area contributed by atoms with E-state index < -0.39 is 24.4 Å². The number of aliphatic hydroxyl groups is 5. The third-order valence-electron chi connectivity index (χ3n) is 4.60. The average molecular weight is 437 g/mol. The quantitative estimate of drug-likeness (QED) is 0.133. The maximum atomic E-state index is 9.89. The summed E-state index contributed by atoms with van der Waals surface area (Å²) in [6, 6.07) is 0. The monoisotopic (exact) mass is 436 g/mol. The van der Waals surface area contributed by atoms with Gasteiger partial charge in [-0.15, -0.1) is 0 Å². The molecule has 30 heavy (non-hydrogen) atoms. The highest BCUT2D eigenvalue weighted by molar-refractivity contribution is 4.72. The third kappa shape index (κ3) is 18.4. The highest BCUT2D eigenvalue weighted by Gasteiger charge is 2.16. The Morgan fingerprint density at radius 2 is 0.833 bits per heavy atom. The van der Waals surface area contributed by atoms with Crippen LogP contribution < -0.4 is 5.32 Å².